The van der Waals surface area contributed by atoms with Crippen LogP contribution in [0.15, 0.2) is 41.3 Å². The van der Waals surface area contributed by atoms with E-state index < -0.39 is 15.9 Å². The summed E-state index contributed by atoms with van der Waals surface area (Å²) in [7, 11) is -3.73. The molecule has 1 amide bonds. The molecule has 1 fully saturated rings. The first-order valence-electron chi connectivity index (χ1n) is 8.24. The van der Waals surface area contributed by atoms with Gasteiger partial charge in [-0.25, -0.2) is 8.42 Å². The Hall–Kier alpha value is -1.64. The van der Waals surface area contributed by atoms with E-state index in [0.717, 1.165) is 5.56 Å². The van der Waals surface area contributed by atoms with Gasteiger partial charge in [-0.05, 0) is 42.8 Å². The van der Waals surface area contributed by atoms with E-state index in [4.69, 9.17) is 27.9 Å². The Balaban J connectivity index is 1.88. The SMILES string of the molecule is Cc1ccc(NC(=O)c2cc(S(=O)(=O)N3CCOCC3)ccc2Cl)cc1Cl. The molecule has 0 radical (unpaired) electrons. The van der Waals surface area contributed by atoms with Gasteiger partial charge in [0, 0.05) is 23.8 Å². The maximum atomic E-state index is 12.8. The van der Waals surface area contributed by atoms with E-state index in [1.54, 1.807) is 18.2 Å². The lowest BCUT2D eigenvalue weighted by atomic mass is 10.2. The Labute approximate surface area is 168 Å². The van der Waals surface area contributed by atoms with Crippen LogP contribution in [0.2, 0.25) is 10.0 Å². The van der Waals surface area contributed by atoms with Gasteiger partial charge in [0.2, 0.25) is 10.0 Å². The molecule has 0 atom stereocenters. The molecular formula is C18H18Cl2N2O4S. The van der Waals surface area contributed by atoms with Gasteiger partial charge < -0.3 is 10.1 Å². The minimum Gasteiger partial charge on any atom is -0.379 e. The minimum absolute atomic E-state index is 0.0147. The van der Waals surface area contributed by atoms with Crippen molar-refractivity contribution in [3.05, 3.63) is 57.6 Å². The summed E-state index contributed by atoms with van der Waals surface area (Å²) >= 11 is 12.2. The smallest absolute Gasteiger partial charge is 0.257 e. The average molecular weight is 429 g/mol. The summed E-state index contributed by atoms with van der Waals surface area (Å²) in [6, 6.07) is 9.20. The van der Waals surface area contributed by atoms with Crippen molar-refractivity contribution in [2.75, 3.05) is 31.6 Å². The van der Waals surface area contributed by atoms with Gasteiger partial charge in [0.15, 0.2) is 0 Å². The van der Waals surface area contributed by atoms with E-state index in [9.17, 15) is 13.2 Å². The molecule has 6 nitrogen and oxygen atoms in total. The minimum atomic E-state index is -3.73. The zero-order valence-electron chi connectivity index (χ0n) is 14.5. The number of aryl methyl sites for hydroxylation is 1. The number of benzene rings is 2. The number of morpholine rings is 1. The van der Waals surface area contributed by atoms with Gasteiger partial charge in [0.1, 0.15) is 0 Å². The second-order valence-electron chi connectivity index (χ2n) is 6.08. The second kappa shape index (κ2) is 8.16. The Morgan fingerprint density at radius 1 is 1.07 bits per heavy atom. The monoisotopic (exact) mass is 428 g/mol. The lowest BCUT2D eigenvalue weighted by molar-refractivity contribution is 0.0730. The Kier molecular flexibility index (Phi) is 6.08. The van der Waals surface area contributed by atoms with Crippen LogP contribution >= 0.6 is 23.2 Å². The predicted octanol–water partition coefficient (Wildman–Crippen LogP) is 3.58. The third kappa shape index (κ3) is 4.44. The highest BCUT2D eigenvalue weighted by Gasteiger charge is 2.27. The molecule has 0 aromatic heterocycles. The van der Waals surface area contributed by atoms with Crippen LogP contribution in [0.1, 0.15) is 15.9 Å². The number of rotatable bonds is 4. The molecule has 1 aliphatic heterocycles. The molecule has 144 valence electrons. The fourth-order valence-electron chi connectivity index (χ4n) is 2.64. The molecule has 0 saturated carbocycles. The summed E-state index contributed by atoms with van der Waals surface area (Å²) in [4.78, 5) is 12.6. The fourth-order valence-corrected chi connectivity index (χ4v) is 4.46. The first-order valence-corrected chi connectivity index (χ1v) is 10.4. The van der Waals surface area contributed by atoms with Gasteiger partial charge in [-0.2, -0.15) is 4.31 Å². The van der Waals surface area contributed by atoms with E-state index >= 15 is 0 Å². The van der Waals surface area contributed by atoms with Crippen LogP contribution < -0.4 is 5.32 Å². The van der Waals surface area contributed by atoms with Gasteiger partial charge in [-0.3, -0.25) is 4.79 Å². The molecule has 2 aromatic carbocycles. The zero-order valence-corrected chi connectivity index (χ0v) is 16.9. The number of carbonyl (C=O) groups is 1. The second-order valence-corrected chi connectivity index (χ2v) is 8.83. The maximum Gasteiger partial charge on any atom is 0.257 e. The molecule has 2 aromatic rings. The Morgan fingerprint density at radius 3 is 2.44 bits per heavy atom. The normalized spacial score (nSPS) is 15.5. The highest BCUT2D eigenvalue weighted by molar-refractivity contribution is 7.89. The van der Waals surface area contributed by atoms with Gasteiger partial charge in [-0.1, -0.05) is 29.3 Å². The molecule has 0 spiro atoms. The highest BCUT2D eigenvalue weighted by Crippen LogP contribution is 2.25. The molecular weight excluding hydrogens is 411 g/mol. The lowest BCUT2D eigenvalue weighted by Gasteiger charge is -2.26. The number of ether oxygens (including phenoxy) is 1. The Morgan fingerprint density at radius 2 is 1.78 bits per heavy atom. The first-order chi connectivity index (χ1) is 12.8. The van der Waals surface area contributed by atoms with Crippen molar-refractivity contribution in [1.82, 2.24) is 4.31 Å². The van der Waals surface area contributed by atoms with Crippen molar-refractivity contribution in [3.8, 4) is 0 Å². The van der Waals surface area contributed by atoms with Crippen molar-refractivity contribution in [1.29, 1.82) is 0 Å². The molecule has 1 saturated heterocycles. The summed E-state index contributed by atoms with van der Waals surface area (Å²) in [5.41, 5.74) is 1.45. The topological polar surface area (TPSA) is 75.7 Å². The number of anilines is 1. The van der Waals surface area contributed by atoms with Crippen LogP contribution in [0.4, 0.5) is 5.69 Å². The van der Waals surface area contributed by atoms with E-state index in [0.29, 0.717) is 23.9 Å². The molecule has 0 aliphatic carbocycles. The van der Waals surface area contributed by atoms with Crippen molar-refractivity contribution in [2.45, 2.75) is 11.8 Å². The van der Waals surface area contributed by atoms with Crippen LogP contribution in [-0.2, 0) is 14.8 Å². The number of halogens is 2. The number of nitrogens with one attached hydrogen (secondary N) is 1. The number of carbonyl (C=O) groups excluding carboxylic acids is 1. The van der Waals surface area contributed by atoms with E-state index in [1.165, 1.54) is 22.5 Å². The van der Waals surface area contributed by atoms with Crippen molar-refractivity contribution < 1.29 is 17.9 Å². The number of sulfonamides is 1. The van der Waals surface area contributed by atoms with Crippen LogP contribution in [0.5, 0.6) is 0 Å². The zero-order chi connectivity index (χ0) is 19.6. The van der Waals surface area contributed by atoms with Crippen LogP contribution in [0.3, 0.4) is 0 Å². The predicted molar refractivity (Wildman–Crippen MR) is 105 cm³/mol. The van der Waals surface area contributed by atoms with E-state index in [1.807, 2.05) is 6.92 Å². The Bertz CT molecular complexity index is 973. The summed E-state index contributed by atoms with van der Waals surface area (Å²) < 4.78 is 32.1. The van der Waals surface area contributed by atoms with E-state index in [2.05, 4.69) is 5.32 Å². The molecule has 9 heteroatoms. The van der Waals surface area contributed by atoms with Gasteiger partial charge in [0.05, 0.1) is 28.7 Å². The number of amides is 1. The van der Waals surface area contributed by atoms with Crippen molar-refractivity contribution in [3.63, 3.8) is 0 Å². The highest BCUT2D eigenvalue weighted by atomic mass is 35.5. The van der Waals surface area contributed by atoms with Crippen LogP contribution in [0.25, 0.3) is 0 Å². The maximum absolute atomic E-state index is 12.8. The van der Waals surface area contributed by atoms with Crippen molar-refractivity contribution >= 4 is 44.8 Å². The molecule has 1 N–H and O–H groups in total. The standard InChI is InChI=1S/C18H18Cl2N2O4S/c1-12-2-3-13(10-17(12)20)21-18(23)15-11-14(4-5-16(15)19)27(24,25)22-6-8-26-9-7-22/h2-5,10-11H,6-9H2,1H3,(H,21,23). The molecule has 0 unspecified atom stereocenters. The summed E-state index contributed by atoms with van der Waals surface area (Å²) in [6.07, 6.45) is 0. The summed E-state index contributed by atoms with van der Waals surface area (Å²) in [5, 5.41) is 3.36. The first kappa shape index (κ1) is 20.1. The summed E-state index contributed by atoms with van der Waals surface area (Å²) in [6.45, 7) is 3.08. The van der Waals surface area contributed by atoms with E-state index in [-0.39, 0.29) is 28.6 Å². The lowest BCUT2D eigenvalue weighted by Crippen LogP contribution is -2.40. The number of nitrogens with zero attached hydrogens (tertiary/aromatic N) is 1. The third-order valence-electron chi connectivity index (χ3n) is 4.22. The van der Waals surface area contributed by atoms with Gasteiger partial charge in [-0.15, -0.1) is 0 Å². The fraction of sp³-hybridized carbons (Fsp3) is 0.278. The molecule has 1 aliphatic rings. The molecule has 0 bridgehead atoms. The van der Waals surface area contributed by atoms with Gasteiger partial charge >= 0.3 is 0 Å². The average Bonchev–Trinajstić information content (AvgIpc) is 2.65. The molecule has 1 heterocycles. The number of hydrogen-bond donors (Lipinski definition) is 1. The van der Waals surface area contributed by atoms with Crippen LogP contribution in [0, 0.1) is 6.92 Å². The summed E-state index contributed by atoms with van der Waals surface area (Å²) in [5.74, 6) is -0.515. The van der Waals surface area contributed by atoms with Crippen molar-refractivity contribution in [2.24, 2.45) is 0 Å². The van der Waals surface area contributed by atoms with Gasteiger partial charge in [0.25, 0.3) is 5.91 Å². The molecule has 27 heavy (non-hydrogen) atoms. The molecule has 3 rings (SSSR count). The quantitative estimate of drug-likeness (QED) is 0.807. The third-order valence-corrected chi connectivity index (χ3v) is 6.85. The number of hydrogen-bond acceptors (Lipinski definition) is 4. The van der Waals surface area contributed by atoms with Crippen LogP contribution in [-0.4, -0.2) is 44.9 Å². The largest absolute Gasteiger partial charge is 0.379 e.